The summed E-state index contributed by atoms with van der Waals surface area (Å²) in [6.45, 7) is 3.81. The fourth-order valence-corrected chi connectivity index (χ4v) is 2.48. The number of aromatic nitrogens is 3. The minimum atomic E-state index is 0.446. The van der Waals surface area contributed by atoms with Crippen LogP contribution < -0.4 is 0 Å². The minimum Gasteiger partial charge on any atom is -0.381 e. The van der Waals surface area contributed by atoms with E-state index in [0.29, 0.717) is 6.04 Å². The molecular formula is C13H17N3O. The van der Waals surface area contributed by atoms with Crippen molar-refractivity contribution >= 4 is 11.0 Å². The zero-order valence-corrected chi connectivity index (χ0v) is 10.1. The number of hydrogen-bond acceptors (Lipinski definition) is 3. The second-order valence-electron chi connectivity index (χ2n) is 4.46. The second-order valence-corrected chi connectivity index (χ2v) is 4.46. The Bertz CT molecular complexity index is 514. The zero-order chi connectivity index (χ0) is 11.7. The molecule has 0 aliphatic carbocycles. The Labute approximate surface area is 101 Å². The average molecular weight is 231 g/mol. The average Bonchev–Trinajstić information content (AvgIpc) is 2.78. The van der Waals surface area contributed by atoms with Crippen LogP contribution in [-0.2, 0) is 11.2 Å². The van der Waals surface area contributed by atoms with E-state index in [1.54, 1.807) is 0 Å². The summed E-state index contributed by atoms with van der Waals surface area (Å²) >= 11 is 0. The highest BCUT2D eigenvalue weighted by atomic mass is 16.5. The van der Waals surface area contributed by atoms with Crippen molar-refractivity contribution in [3.8, 4) is 0 Å². The van der Waals surface area contributed by atoms with Gasteiger partial charge in [-0.25, -0.2) is 9.67 Å². The van der Waals surface area contributed by atoms with Gasteiger partial charge in [-0.15, -0.1) is 0 Å². The van der Waals surface area contributed by atoms with Crippen LogP contribution in [0.15, 0.2) is 18.3 Å². The van der Waals surface area contributed by atoms with Gasteiger partial charge in [-0.2, -0.15) is 5.10 Å². The molecule has 2 aromatic heterocycles. The van der Waals surface area contributed by atoms with E-state index < -0.39 is 0 Å². The van der Waals surface area contributed by atoms with Crippen LogP contribution in [0.5, 0.6) is 0 Å². The molecule has 0 radical (unpaired) electrons. The lowest BCUT2D eigenvalue weighted by Crippen LogP contribution is -2.20. The van der Waals surface area contributed by atoms with Crippen LogP contribution in [0.4, 0.5) is 0 Å². The zero-order valence-electron chi connectivity index (χ0n) is 10.1. The van der Waals surface area contributed by atoms with Crippen molar-refractivity contribution in [2.24, 2.45) is 0 Å². The first-order valence-corrected chi connectivity index (χ1v) is 6.30. The molecule has 0 spiro atoms. The lowest BCUT2D eigenvalue weighted by atomic mass is 10.1. The Morgan fingerprint density at radius 2 is 2.24 bits per heavy atom. The van der Waals surface area contributed by atoms with Crippen molar-refractivity contribution in [3.63, 3.8) is 0 Å². The molecule has 0 unspecified atom stereocenters. The van der Waals surface area contributed by atoms with Gasteiger partial charge < -0.3 is 4.74 Å². The summed E-state index contributed by atoms with van der Waals surface area (Å²) in [6, 6.07) is 4.54. The van der Waals surface area contributed by atoms with E-state index in [1.165, 1.54) is 5.39 Å². The SMILES string of the molecule is CCc1nn(C2CCOCC2)c2ncccc12. The van der Waals surface area contributed by atoms with E-state index in [2.05, 4.69) is 22.7 Å². The van der Waals surface area contributed by atoms with Crippen LogP contribution in [0.1, 0.15) is 31.5 Å². The summed E-state index contributed by atoms with van der Waals surface area (Å²) in [7, 11) is 0. The first kappa shape index (κ1) is 10.7. The summed E-state index contributed by atoms with van der Waals surface area (Å²) in [6.07, 6.45) is 4.88. The van der Waals surface area contributed by atoms with Crippen molar-refractivity contribution in [1.82, 2.24) is 14.8 Å². The number of rotatable bonds is 2. The monoisotopic (exact) mass is 231 g/mol. The predicted molar refractivity (Wildman–Crippen MR) is 66.0 cm³/mol. The van der Waals surface area contributed by atoms with Gasteiger partial charge in [-0.05, 0) is 31.4 Å². The topological polar surface area (TPSA) is 39.9 Å². The molecule has 4 nitrogen and oxygen atoms in total. The molecule has 2 aromatic rings. The van der Waals surface area contributed by atoms with E-state index in [0.717, 1.165) is 43.8 Å². The van der Waals surface area contributed by atoms with Gasteiger partial charge in [-0.1, -0.05) is 6.92 Å². The highest BCUT2D eigenvalue weighted by Gasteiger charge is 2.20. The minimum absolute atomic E-state index is 0.446. The van der Waals surface area contributed by atoms with Gasteiger partial charge in [0.2, 0.25) is 0 Å². The lowest BCUT2D eigenvalue weighted by molar-refractivity contribution is 0.0672. The van der Waals surface area contributed by atoms with Crippen molar-refractivity contribution in [2.45, 2.75) is 32.2 Å². The van der Waals surface area contributed by atoms with Gasteiger partial charge in [-0.3, -0.25) is 0 Å². The number of fused-ring (bicyclic) bond motifs is 1. The maximum absolute atomic E-state index is 5.40. The number of ether oxygens (including phenoxy) is 1. The largest absolute Gasteiger partial charge is 0.381 e. The summed E-state index contributed by atoms with van der Waals surface area (Å²) in [4.78, 5) is 4.48. The smallest absolute Gasteiger partial charge is 0.158 e. The number of aryl methyl sites for hydroxylation is 1. The van der Waals surface area contributed by atoms with Crippen LogP contribution in [0, 0.1) is 0 Å². The Morgan fingerprint density at radius 3 is 3.00 bits per heavy atom. The van der Waals surface area contributed by atoms with Crippen molar-refractivity contribution in [3.05, 3.63) is 24.0 Å². The fourth-order valence-electron chi connectivity index (χ4n) is 2.48. The third-order valence-electron chi connectivity index (χ3n) is 3.41. The van der Waals surface area contributed by atoms with Gasteiger partial charge in [0.05, 0.1) is 11.7 Å². The molecule has 0 aromatic carbocycles. The second kappa shape index (κ2) is 4.45. The Kier molecular flexibility index (Phi) is 2.81. The molecule has 1 aliphatic rings. The maximum Gasteiger partial charge on any atom is 0.158 e. The Hall–Kier alpha value is -1.42. The van der Waals surface area contributed by atoms with E-state index in [1.807, 2.05) is 12.3 Å². The lowest BCUT2D eigenvalue weighted by Gasteiger charge is -2.22. The molecule has 0 amide bonds. The summed E-state index contributed by atoms with van der Waals surface area (Å²) in [5, 5.41) is 5.93. The molecule has 0 saturated carbocycles. The first-order chi connectivity index (χ1) is 8.40. The van der Waals surface area contributed by atoms with Crippen molar-refractivity contribution in [1.29, 1.82) is 0 Å². The van der Waals surface area contributed by atoms with Crippen LogP contribution in [-0.4, -0.2) is 28.0 Å². The highest BCUT2D eigenvalue weighted by molar-refractivity contribution is 5.78. The molecule has 0 N–H and O–H groups in total. The van der Waals surface area contributed by atoms with Crippen LogP contribution in [0.2, 0.25) is 0 Å². The third-order valence-corrected chi connectivity index (χ3v) is 3.41. The third kappa shape index (κ3) is 1.82. The summed E-state index contributed by atoms with van der Waals surface area (Å²) < 4.78 is 7.51. The molecule has 4 heteroatoms. The van der Waals surface area contributed by atoms with Gasteiger partial charge in [0, 0.05) is 24.8 Å². The quantitative estimate of drug-likeness (QED) is 0.796. The van der Waals surface area contributed by atoms with Crippen molar-refractivity contribution < 1.29 is 4.74 Å². The van der Waals surface area contributed by atoms with E-state index in [9.17, 15) is 0 Å². The van der Waals surface area contributed by atoms with Crippen LogP contribution in [0.25, 0.3) is 11.0 Å². The van der Waals surface area contributed by atoms with E-state index in [-0.39, 0.29) is 0 Å². The van der Waals surface area contributed by atoms with Gasteiger partial charge in [0.15, 0.2) is 5.65 Å². The predicted octanol–water partition coefficient (Wildman–Crippen LogP) is 2.35. The maximum atomic E-state index is 5.40. The molecular weight excluding hydrogens is 214 g/mol. The van der Waals surface area contributed by atoms with Crippen LogP contribution in [0.3, 0.4) is 0 Å². The molecule has 1 aliphatic heterocycles. The Morgan fingerprint density at radius 1 is 1.41 bits per heavy atom. The summed E-state index contributed by atoms with van der Waals surface area (Å²) in [5.74, 6) is 0. The van der Waals surface area contributed by atoms with Crippen LogP contribution >= 0.6 is 0 Å². The molecule has 3 rings (SSSR count). The molecule has 17 heavy (non-hydrogen) atoms. The molecule has 1 fully saturated rings. The molecule has 0 atom stereocenters. The van der Waals surface area contributed by atoms with Gasteiger partial charge in [0.1, 0.15) is 0 Å². The highest BCUT2D eigenvalue weighted by Crippen LogP contribution is 2.26. The molecule has 0 bridgehead atoms. The number of pyridine rings is 1. The summed E-state index contributed by atoms with van der Waals surface area (Å²) in [5.41, 5.74) is 2.18. The molecule has 90 valence electrons. The first-order valence-electron chi connectivity index (χ1n) is 6.30. The fraction of sp³-hybridized carbons (Fsp3) is 0.538. The standard InChI is InChI=1S/C13H17N3O/c1-2-12-11-4-3-7-14-13(11)16(15-12)10-5-8-17-9-6-10/h3-4,7,10H,2,5-6,8-9H2,1H3. The van der Waals surface area contributed by atoms with Gasteiger partial charge >= 0.3 is 0 Å². The number of nitrogens with zero attached hydrogens (tertiary/aromatic N) is 3. The van der Waals surface area contributed by atoms with Gasteiger partial charge in [0.25, 0.3) is 0 Å². The normalized spacial score (nSPS) is 17.7. The van der Waals surface area contributed by atoms with E-state index in [4.69, 9.17) is 9.84 Å². The van der Waals surface area contributed by atoms with E-state index >= 15 is 0 Å². The number of hydrogen-bond donors (Lipinski definition) is 0. The van der Waals surface area contributed by atoms with Crippen molar-refractivity contribution in [2.75, 3.05) is 13.2 Å². The molecule has 1 saturated heterocycles. The Balaban J connectivity index is 2.08. The molecule has 3 heterocycles.